The Morgan fingerprint density at radius 2 is 2.07 bits per heavy atom. The Morgan fingerprint density at radius 3 is 2.57 bits per heavy atom. The van der Waals surface area contributed by atoms with Crippen LogP contribution in [0.4, 0.5) is 0 Å². The molecule has 0 radical (unpaired) electrons. The maximum atomic E-state index is 11.2. The molecule has 0 aliphatic heterocycles. The van der Waals surface area contributed by atoms with Crippen LogP contribution in [0.15, 0.2) is 0 Å². The van der Waals surface area contributed by atoms with Crippen LogP contribution >= 0.6 is 11.8 Å². The Bertz CT molecular complexity index is 179. The second-order valence-corrected chi connectivity index (χ2v) is 4.05. The number of hydrogen-bond donors (Lipinski definition) is 1. The number of hydrogen-bond acceptors (Lipinski definition) is 3. The molecule has 4 heteroatoms. The fourth-order valence-electron chi connectivity index (χ4n) is 1.93. The van der Waals surface area contributed by atoms with Gasteiger partial charge < -0.3 is 4.74 Å². The van der Waals surface area contributed by atoms with Gasteiger partial charge in [0.05, 0.1) is 6.61 Å². The minimum atomic E-state index is -0.0604. The first kappa shape index (κ1) is 11.8. The Hall–Kier alpha value is -0.280. The van der Waals surface area contributed by atoms with Crippen molar-refractivity contribution in [2.75, 3.05) is 6.61 Å². The lowest BCUT2D eigenvalue weighted by Crippen LogP contribution is -2.28. The van der Waals surface area contributed by atoms with Crippen molar-refractivity contribution in [2.24, 2.45) is 5.92 Å². The molecule has 82 valence electrons. The van der Waals surface area contributed by atoms with Gasteiger partial charge in [0.2, 0.25) is 0 Å². The first-order valence-corrected chi connectivity index (χ1v) is 5.65. The maximum Gasteiger partial charge on any atom is 0.306 e. The van der Waals surface area contributed by atoms with Gasteiger partial charge in [-0.05, 0) is 50.3 Å². The highest BCUT2D eigenvalue weighted by Gasteiger charge is 2.22. The van der Waals surface area contributed by atoms with Crippen molar-refractivity contribution in [2.45, 2.75) is 45.1 Å². The van der Waals surface area contributed by atoms with Gasteiger partial charge in [-0.2, -0.15) is 0 Å². The quantitative estimate of drug-likeness (QED) is 0.582. The van der Waals surface area contributed by atoms with Crippen molar-refractivity contribution in [1.82, 2.24) is 4.84 Å². The van der Waals surface area contributed by atoms with Crippen molar-refractivity contribution < 1.29 is 9.53 Å². The Labute approximate surface area is 90.3 Å². The molecule has 1 aliphatic carbocycles. The van der Waals surface area contributed by atoms with Gasteiger partial charge in [-0.15, -0.1) is 0 Å². The maximum absolute atomic E-state index is 11.2. The second-order valence-electron chi connectivity index (χ2n) is 3.84. The van der Waals surface area contributed by atoms with Gasteiger partial charge >= 0.3 is 5.97 Å². The third kappa shape index (κ3) is 3.84. The summed E-state index contributed by atoms with van der Waals surface area (Å²) in [5.74, 6) is 0.435. The van der Waals surface area contributed by atoms with E-state index in [1.165, 1.54) is 0 Å². The summed E-state index contributed by atoms with van der Waals surface area (Å²) in [6.07, 6.45) is 4.84. The predicted octanol–water partition coefficient (Wildman–Crippen LogP) is 2.24. The van der Waals surface area contributed by atoms with E-state index < -0.39 is 0 Å². The molecule has 0 aromatic carbocycles. The SMILES string of the molecule is CCOC(=O)CC1CCC(NCl)CC1. The van der Waals surface area contributed by atoms with Crippen molar-refractivity contribution in [3.05, 3.63) is 0 Å². The number of nitrogens with one attached hydrogen (secondary N) is 1. The van der Waals surface area contributed by atoms with Crippen LogP contribution < -0.4 is 4.84 Å². The van der Waals surface area contributed by atoms with E-state index in [-0.39, 0.29) is 5.97 Å². The number of carbonyl (C=O) groups excluding carboxylic acids is 1. The van der Waals surface area contributed by atoms with Gasteiger partial charge in [0.15, 0.2) is 0 Å². The van der Waals surface area contributed by atoms with Crippen LogP contribution in [0.5, 0.6) is 0 Å². The molecule has 1 fully saturated rings. The molecule has 0 unspecified atom stereocenters. The van der Waals surface area contributed by atoms with E-state index >= 15 is 0 Å². The normalized spacial score (nSPS) is 27.3. The van der Waals surface area contributed by atoms with E-state index in [9.17, 15) is 4.79 Å². The molecule has 0 spiro atoms. The van der Waals surface area contributed by atoms with E-state index in [1.807, 2.05) is 6.92 Å². The molecular weight excluding hydrogens is 202 g/mol. The number of rotatable bonds is 4. The summed E-state index contributed by atoms with van der Waals surface area (Å²) >= 11 is 5.54. The average molecular weight is 220 g/mol. The highest BCUT2D eigenvalue weighted by atomic mass is 35.5. The average Bonchev–Trinajstić information content (AvgIpc) is 2.19. The predicted molar refractivity (Wildman–Crippen MR) is 56.0 cm³/mol. The van der Waals surface area contributed by atoms with E-state index in [2.05, 4.69) is 4.84 Å². The van der Waals surface area contributed by atoms with Crippen LogP contribution in [0.3, 0.4) is 0 Å². The molecule has 0 aromatic rings. The van der Waals surface area contributed by atoms with Crippen molar-refractivity contribution in [3.8, 4) is 0 Å². The number of carbonyl (C=O) groups is 1. The monoisotopic (exact) mass is 219 g/mol. The molecule has 0 amide bonds. The smallest absolute Gasteiger partial charge is 0.306 e. The second kappa shape index (κ2) is 6.25. The van der Waals surface area contributed by atoms with Gasteiger partial charge in [0.1, 0.15) is 0 Å². The van der Waals surface area contributed by atoms with E-state index in [4.69, 9.17) is 16.5 Å². The van der Waals surface area contributed by atoms with E-state index in [0.717, 1.165) is 25.7 Å². The molecule has 14 heavy (non-hydrogen) atoms. The lowest BCUT2D eigenvalue weighted by atomic mass is 9.84. The zero-order valence-electron chi connectivity index (χ0n) is 8.59. The van der Waals surface area contributed by atoms with Gasteiger partial charge in [-0.3, -0.25) is 4.79 Å². The molecule has 0 heterocycles. The number of halogens is 1. The fourth-order valence-corrected chi connectivity index (χ4v) is 2.15. The molecular formula is C10H18ClNO2. The minimum absolute atomic E-state index is 0.0604. The molecule has 0 bridgehead atoms. The van der Waals surface area contributed by atoms with Crippen molar-refractivity contribution in [3.63, 3.8) is 0 Å². The lowest BCUT2D eigenvalue weighted by molar-refractivity contribution is -0.144. The van der Waals surface area contributed by atoms with Gasteiger partial charge in [-0.1, -0.05) is 0 Å². The van der Waals surface area contributed by atoms with Crippen LogP contribution in [0.2, 0.25) is 0 Å². The van der Waals surface area contributed by atoms with Crippen LogP contribution in [-0.4, -0.2) is 18.6 Å². The van der Waals surface area contributed by atoms with Crippen LogP contribution in [0, 0.1) is 5.92 Å². The standard InChI is InChI=1S/C10H18ClNO2/c1-2-14-10(13)7-8-3-5-9(12-11)6-4-8/h8-9,12H,2-7H2,1H3. The Morgan fingerprint density at radius 1 is 1.43 bits per heavy atom. The largest absolute Gasteiger partial charge is 0.466 e. The van der Waals surface area contributed by atoms with E-state index in [0.29, 0.717) is 25.0 Å². The topological polar surface area (TPSA) is 38.3 Å². The zero-order valence-corrected chi connectivity index (χ0v) is 9.35. The van der Waals surface area contributed by atoms with E-state index in [1.54, 1.807) is 0 Å². The molecule has 1 saturated carbocycles. The Kier molecular flexibility index (Phi) is 5.26. The summed E-state index contributed by atoms with van der Waals surface area (Å²) in [4.78, 5) is 14.0. The van der Waals surface area contributed by atoms with Crippen LogP contribution in [0.25, 0.3) is 0 Å². The molecule has 1 N–H and O–H groups in total. The zero-order chi connectivity index (χ0) is 10.4. The number of esters is 1. The highest BCUT2D eigenvalue weighted by molar-refractivity contribution is 6.13. The molecule has 0 aromatic heterocycles. The van der Waals surface area contributed by atoms with Crippen molar-refractivity contribution in [1.29, 1.82) is 0 Å². The third-order valence-electron chi connectivity index (χ3n) is 2.76. The van der Waals surface area contributed by atoms with Crippen LogP contribution in [0.1, 0.15) is 39.0 Å². The fraction of sp³-hybridized carbons (Fsp3) is 0.900. The van der Waals surface area contributed by atoms with Gasteiger partial charge in [0, 0.05) is 12.5 Å². The highest BCUT2D eigenvalue weighted by Crippen LogP contribution is 2.27. The lowest BCUT2D eigenvalue weighted by Gasteiger charge is -2.26. The molecule has 0 atom stereocenters. The Balaban J connectivity index is 2.18. The summed E-state index contributed by atoms with van der Waals surface area (Å²) in [6, 6.07) is 0.426. The number of ether oxygens (including phenoxy) is 1. The van der Waals surface area contributed by atoms with Crippen LogP contribution in [-0.2, 0) is 9.53 Å². The minimum Gasteiger partial charge on any atom is -0.466 e. The molecule has 1 rings (SSSR count). The third-order valence-corrected chi connectivity index (χ3v) is 3.07. The van der Waals surface area contributed by atoms with Gasteiger partial charge in [0.25, 0.3) is 0 Å². The summed E-state index contributed by atoms with van der Waals surface area (Å²) in [5, 5.41) is 0. The van der Waals surface area contributed by atoms with Crippen molar-refractivity contribution >= 4 is 17.7 Å². The molecule has 0 saturated heterocycles. The summed E-state index contributed by atoms with van der Waals surface area (Å²) < 4.78 is 4.92. The summed E-state index contributed by atoms with van der Waals surface area (Å²) in [5.41, 5.74) is 0. The molecule has 3 nitrogen and oxygen atoms in total. The first-order chi connectivity index (χ1) is 6.76. The first-order valence-electron chi connectivity index (χ1n) is 5.28. The molecule has 1 aliphatic rings. The summed E-state index contributed by atoms with van der Waals surface area (Å²) in [6.45, 7) is 2.32. The van der Waals surface area contributed by atoms with Gasteiger partial charge in [-0.25, -0.2) is 4.84 Å². The summed E-state index contributed by atoms with van der Waals surface area (Å²) in [7, 11) is 0.